The summed E-state index contributed by atoms with van der Waals surface area (Å²) in [6.45, 7) is 1.72. The lowest BCUT2D eigenvalue weighted by molar-refractivity contribution is -0.152. The summed E-state index contributed by atoms with van der Waals surface area (Å²) in [5.74, 6) is 0.961. The van der Waals surface area contributed by atoms with E-state index in [-0.39, 0.29) is 37.1 Å². The minimum absolute atomic E-state index is 0.0222. The lowest BCUT2D eigenvalue weighted by Crippen LogP contribution is -2.56. The second-order valence-corrected chi connectivity index (χ2v) is 7.79. The van der Waals surface area contributed by atoms with Gasteiger partial charge in [-0.2, -0.15) is 0 Å². The lowest BCUT2D eigenvalue weighted by atomic mass is 9.90. The minimum Gasteiger partial charge on any atom is -0.497 e. The third-order valence-corrected chi connectivity index (χ3v) is 5.81. The Kier molecular flexibility index (Phi) is 7.93. The van der Waals surface area contributed by atoms with E-state index in [4.69, 9.17) is 18.9 Å². The maximum absolute atomic E-state index is 13.2. The van der Waals surface area contributed by atoms with Crippen molar-refractivity contribution in [1.82, 2.24) is 9.80 Å². The molecule has 0 spiro atoms. The van der Waals surface area contributed by atoms with E-state index in [2.05, 4.69) is 0 Å². The van der Waals surface area contributed by atoms with E-state index in [1.54, 1.807) is 25.2 Å². The van der Waals surface area contributed by atoms with E-state index < -0.39 is 0 Å². The number of morpholine rings is 1. The first-order chi connectivity index (χ1) is 14.5. The number of rotatable bonds is 8. The molecule has 1 amide bonds. The largest absolute Gasteiger partial charge is 0.497 e. The Labute approximate surface area is 178 Å². The van der Waals surface area contributed by atoms with Crippen LogP contribution in [-0.2, 0) is 25.6 Å². The van der Waals surface area contributed by atoms with Crippen LogP contribution < -0.4 is 9.47 Å². The Morgan fingerprint density at radius 2 is 1.77 bits per heavy atom. The van der Waals surface area contributed by atoms with Crippen molar-refractivity contribution in [1.29, 1.82) is 0 Å². The van der Waals surface area contributed by atoms with Crippen LogP contribution in [0.5, 0.6) is 11.5 Å². The van der Waals surface area contributed by atoms with Crippen molar-refractivity contribution >= 4 is 11.9 Å². The van der Waals surface area contributed by atoms with E-state index in [0.29, 0.717) is 31.2 Å². The molecule has 0 bridgehead atoms. The van der Waals surface area contributed by atoms with Crippen molar-refractivity contribution < 1.29 is 28.5 Å². The number of fused-ring (bicyclic) bond motifs is 1. The molecule has 0 radical (unpaired) electrons. The second-order valence-electron chi connectivity index (χ2n) is 7.79. The highest BCUT2D eigenvalue weighted by molar-refractivity contribution is 5.80. The zero-order chi connectivity index (χ0) is 21.5. The molecule has 2 unspecified atom stereocenters. The molecule has 0 aromatic heterocycles. The molecule has 2 fully saturated rings. The average molecular weight is 421 g/mol. The Bertz CT molecular complexity index is 716. The summed E-state index contributed by atoms with van der Waals surface area (Å²) in [7, 11) is 4.53. The molecule has 1 aromatic carbocycles. The summed E-state index contributed by atoms with van der Waals surface area (Å²) in [4.78, 5) is 28.9. The number of benzene rings is 1. The number of amides is 1. The number of hydrogen-bond acceptors (Lipinski definition) is 7. The normalized spacial score (nSPS) is 21.1. The van der Waals surface area contributed by atoms with Gasteiger partial charge in [0, 0.05) is 19.2 Å². The van der Waals surface area contributed by atoms with Gasteiger partial charge in [-0.25, -0.2) is 0 Å². The predicted octanol–water partition coefficient (Wildman–Crippen LogP) is 1.85. The Hall–Kier alpha value is -2.32. The number of nitrogens with zero attached hydrogens (tertiary/aromatic N) is 2. The molecule has 166 valence electrons. The third kappa shape index (κ3) is 5.64. The van der Waals surface area contributed by atoms with Gasteiger partial charge in [0.05, 0.1) is 53.2 Å². The van der Waals surface area contributed by atoms with Gasteiger partial charge in [0.15, 0.2) is 0 Å². The first-order valence-electron chi connectivity index (χ1n) is 10.5. The zero-order valence-corrected chi connectivity index (χ0v) is 18.1. The van der Waals surface area contributed by atoms with Gasteiger partial charge in [-0.1, -0.05) is 12.8 Å². The molecule has 0 N–H and O–H groups in total. The highest BCUT2D eigenvalue weighted by atomic mass is 16.5. The van der Waals surface area contributed by atoms with Gasteiger partial charge in [-0.3, -0.25) is 14.5 Å². The molecule has 1 saturated carbocycles. The molecule has 2 atom stereocenters. The Morgan fingerprint density at radius 3 is 2.43 bits per heavy atom. The molecule has 1 aromatic rings. The van der Waals surface area contributed by atoms with Crippen LogP contribution in [0.25, 0.3) is 0 Å². The highest BCUT2D eigenvalue weighted by Gasteiger charge is 2.37. The zero-order valence-electron chi connectivity index (χ0n) is 18.1. The van der Waals surface area contributed by atoms with E-state index >= 15 is 0 Å². The topological polar surface area (TPSA) is 77.5 Å². The number of esters is 1. The molecular weight excluding hydrogens is 388 g/mol. The van der Waals surface area contributed by atoms with Gasteiger partial charge in [-0.05, 0) is 30.5 Å². The molecule has 8 heteroatoms. The van der Waals surface area contributed by atoms with Crippen LogP contribution in [0.1, 0.15) is 31.2 Å². The summed E-state index contributed by atoms with van der Waals surface area (Å²) in [5, 5.41) is 0. The number of methoxy groups -OCH3 is 3. The van der Waals surface area contributed by atoms with Gasteiger partial charge < -0.3 is 23.8 Å². The second kappa shape index (κ2) is 10.6. The van der Waals surface area contributed by atoms with Crippen LogP contribution in [0, 0.1) is 0 Å². The maximum atomic E-state index is 13.2. The van der Waals surface area contributed by atoms with Crippen LogP contribution in [0.2, 0.25) is 0 Å². The Balaban J connectivity index is 1.73. The molecule has 1 aliphatic heterocycles. The fourth-order valence-corrected chi connectivity index (χ4v) is 4.32. The SMILES string of the molecule is COC(=O)CN(CC(=O)N1CCOC2CCCCC21)Cc1cc(OC)cc(OC)c1. The van der Waals surface area contributed by atoms with E-state index in [1.165, 1.54) is 7.11 Å². The summed E-state index contributed by atoms with van der Waals surface area (Å²) in [6, 6.07) is 5.68. The van der Waals surface area contributed by atoms with Crippen LogP contribution in [0.3, 0.4) is 0 Å². The molecule has 30 heavy (non-hydrogen) atoms. The molecule has 1 aliphatic carbocycles. The van der Waals surface area contributed by atoms with E-state index in [1.807, 2.05) is 17.0 Å². The van der Waals surface area contributed by atoms with Crippen molar-refractivity contribution in [2.75, 3.05) is 47.6 Å². The van der Waals surface area contributed by atoms with Gasteiger partial charge >= 0.3 is 5.97 Å². The summed E-state index contributed by atoms with van der Waals surface area (Å²) < 4.78 is 21.4. The fourth-order valence-electron chi connectivity index (χ4n) is 4.32. The smallest absolute Gasteiger partial charge is 0.319 e. The standard InChI is InChI=1S/C22H32N2O6/c1-27-17-10-16(11-18(12-17)28-2)13-23(15-22(26)29-3)14-21(25)24-8-9-30-20-7-5-4-6-19(20)24/h10-12,19-20H,4-9,13-15H2,1-3H3. The summed E-state index contributed by atoms with van der Waals surface area (Å²) >= 11 is 0. The number of carbonyl (C=O) groups excluding carboxylic acids is 2. The van der Waals surface area contributed by atoms with E-state index in [0.717, 1.165) is 31.2 Å². The van der Waals surface area contributed by atoms with Gasteiger partial charge in [0.1, 0.15) is 11.5 Å². The van der Waals surface area contributed by atoms with Crippen LogP contribution in [0.15, 0.2) is 18.2 Å². The molecular formula is C22H32N2O6. The minimum atomic E-state index is -0.379. The fraction of sp³-hybridized carbons (Fsp3) is 0.636. The molecule has 8 nitrogen and oxygen atoms in total. The number of carbonyl (C=O) groups is 2. The maximum Gasteiger partial charge on any atom is 0.319 e. The molecule has 3 rings (SSSR count). The highest BCUT2D eigenvalue weighted by Crippen LogP contribution is 2.29. The van der Waals surface area contributed by atoms with Crippen molar-refractivity contribution in [3.63, 3.8) is 0 Å². The van der Waals surface area contributed by atoms with E-state index in [9.17, 15) is 9.59 Å². The van der Waals surface area contributed by atoms with Gasteiger partial charge in [0.25, 0.3) is 0 Å². The predicted molar refractivity (Wildman–Crippen MR) is 111 cm³/mol. The molecule has 1 saturated heterocycles. The molecule has 1 heterocycles. The van der Waals surface area contributed by atoms with Gasteiger partial charge in [0.2, 0.25) is 5.91 Å². The molecule has 2 aliphatic rings. The Morgan fingerprint density at radius 1 is 1.07 bits per heavy atom. The van der Waals surface area contributed by atoms with Crippen LogP contribution >= 0.6 is 0 Å². The monoisotopic (exact) mass is 420 g/mol. The van der Waals surface area contributed by atoms with Crippen molar-refractivity contribution in [3.8, 4) is 11.5 Å². The van der Waals surface area contributed by atoms with Crippen molar-refractivity contribution in [2.24, 2.45) is 0 Å². The first kappa shape index (κ1) is 22.4. The number of ether oxygens (including phenoxy) is 4. The van der Waals surface area contributed by atoms with Gasteiger partial charge in [-0.15, -0.1) is 0 Å². The van der Waals surface area contributed by atoms with Crippen LogP contribution in [-0.4, -0.2) is 81.4 Å². The van der Waals surface area contributed by atoms with Crippen molar-refractivity contribution in [2.45, 2.75) is 44.4 Å². The van der Waals surface area contributed by atoms with Crippen molar-refractivity contribution in [3.05, 3.63) is 23.8 Å². The summed E-state index contributed by atoms with van der Waals surface area (Å²) in [6.07, 6.45) is 4.37. The summed E-state index contributed by atoms with van der Waals surface area (Å²) in [5.41, 5.74) is 0.889. The average Bonchev–Trinajstić information content (AvgIpc) is 2.78. The quantitative estimate of drug-likeness (QED) is 0.594. The lowest BCUT2D eigenvalue weighted by Gasteiger charge is -2.44. The number of hydrogen-bond donors (Lipinski definition) is 0. The third-order valence-electron chi connectivity index (χ3n) is 5.81. The first-order valence-corrected chi connectivity index (χ1v) is 10.5. The van der Waals surface area contributed by atoms with Crippen LogP contribution in [0.4, 0.5) is 0 Å².